The van der Waals surface area contributed by atoms with Crippen LogP contribution in [0, 0.1) is 33.5 Å². The third-order valence-electron chi connectivity index (χ3n) is 5.61. The zero-order valence-corrected chi connectivity index (χ0v) is 17.3. The first kappa shape index (κ1) is 19.1. The van der Waals surface area contributed by atoms with Gasteiger partial charge in [0.2, 0.25) is 0 Å². The number of nitrogens with zero attached hydrogens (tertiary/aromatic N) is 2. The van der Waals surface area contributed by atoms with Gasteiger partial charge in [-0.25, -0.2) is 4.39 Å². The molecule has 1 aromatic heterocycles. The molecular weight excluding hydrogens is 359 g/mol. The van der Waals surface area contributed by atoms with Crippen LogP contribution in [0.2, 0.25) is 0 Å². The molecule has 0 bridgehead atoms. The van der Waals surface area contributed by atoms with Crippen LogP contribution in [0.3, 0.4) is 0 Å². The van der Waals surface area contributed by atoms with E-state index < -0.39 is 0 Å². The number of aromatic nitrogens is 2. The zero-order valence-electron chi connectivity index (χ0n) is 17.3. The van der Waals surface area contributed by atoms with Gasteiger partial charge < -0.3 is 0 Å². The predicted molar refractivity (Wildman–Crippen MR) is 118 cm³/mol. The van der Waals surface area contributed by atoms with Crippen molar-refractivity contribution >= 4 is 0 Å². The Bertz CT molecular complexity index is 1190. The summed E-state index contributed by atoms with van der Waals surface area (Å²) < 4.78 is 15.7. The summed E-state index contributed by atoms with van der Waals surface area (Å²) in [7, 11) is 0. The van der Waals surface area contributed by atoms with Crippen LogP contribution in [0.1, 0.15) is 27.8 Å². The molecule has 0 aliphatic rings. The van der Waals surface area contributed by atoms with Gasteiger partial charge in [-0.1, -0.05) is 36.4 Å². The maximum atomic E-state index is 13.7. The predicted octanol–water partition coefficient (Wildman–Crippen LogP) is 6.64. The highest BCUT2D eigenvalue weighted by Crippen LogP contribution is 2.29. The van der Waals surface area contributed by atoms with Crippen LogP contribution in [0.5, 0.6) is 0 Å². The van der Waals surface area contributed by atoms with Crippen molar-refractivity contribution in [1.82, 2.24) is 9.78 Å². The molecule has 0 aliphatic heterocycles. The first-order chi connectivity index (χ1) is 13.9. The lowest BCUT2D eigenvalue weighted by molar-refractivity contribution is 0.620. The standard InChI is InChI=1S/C26H25FN2/c1-17-8-10-22(12-19(17)3)25-15-26(23-11-9-18(2)20(4)13-23)29(28-25)16-21-6-5-7-24(27)14-21/h5-15H,16H2,1-4H3. The topological polar surface area (TPSA) is 17.8 Å². The Morgan fingerprint density at radius 3 is 2.03 bits per heavy atom. The van der Waals surface area contributed by atoms with E-state index in [-0.39, 0.29) is 5.82 Å². The molecule has 0 saturated carbocycles. The average Bonchev–Trinajstić information content (AvgIpc) is 3.10. The highest BCUT2D eigenvalue weighted by Gasteiger charge is 2.13. The Kier molecular flexibility index (Phi) is 5.06. The molecule has 0 fully saturated rings. The van der Waals surface area contributed by atoms with E-state index in [0.29, 0.717) is 6.54 Å². The quantitative estimate of drug-likeness (QED) is 0.386. The molecule has 1 heterocycles. The summed E-state index contributed by atoms with van der Waals surface area (Å²) in [6.45, 7) is 8.99. The first-order valence-corrected chi connectivity index (χ1v) is 9.88. The van der Waals surface area contributed by atoms with Crippen LogP contribution in [-0.4, -0.2) is 9.78 Å². The van der Waals surface area contributed by atoms with Gasteiger partial charge in [0.15, 0.2) is 0 Å². The SMILES string of the molecule is Cc1ccc(-c2cc(-c3ccc(C)c(C)c3)n(Cc3cccc(F)c3)n2)cc1C. The molecule has 0 radical (unpaired) electrons. The van der Waals surface area contributed by atoms with Crippen molar-refractivity contribution in [3.05, 3.63) is 100 Å². The van der Waals surface area contributed by atoms with Gasteiger partial charge in [0.25, 0.3) is 0 Å². The summed E-state index contributed by atoms with van der Waals surface area (Å²) in [5.74, 6) is -0.225. The molecule has 2 nitrogen and oxygen atoms in total. The second kappa shape index (κ2) is 7.67. The van der Waals surface area contributed by atoms with Crippen molar-refractivity contribution in [2.75, 3.05) is 0 Å². The maximum Gasteiger partial charge on any atom is 0.123 e. The van der Waals surface area contributed by atoms with E-state index in [2.05, 4.69) is 70.2 Å². The fourth-order valence-corrected chi connectivity index (χ4v) is 3.52. The van der Waals surface area contributed by atoms with Gasteiger partial charge in [-0.3, -0.25) is 4.68 Å². The first-order valence-electron chi connectivity index (χ1n) is 9.88. The smallest absolute Gasteiger partial charge is 0.123 e. The molecule has 0 atom stereocenters. The summed E-state index contributed by atoms with van der Waals surface area (Å²) >= 11 is 0. The molecular formula is C26H25FN2. The molecule has 0 aliphatic carbocycles. The molecule has 146 valence electrons. The fraction of sp³-hybridized carbons (Fsp3) is 0.192. The number of hydrogen-bond donors (Lipinski definition) is 0. The van der Waals surface area contributed by atoms with Crippen LogP contribution < -0.4 is 0 Å². The van der Waals surface area contributed by atoms with E-state index in [1.807, 2.05) is 10.7 Å². The van der Waals surface area contributed by atoms with E-state index in [0.717, 1.165) is 28.1 Å². The van der Waals surface area contributed by atoms with Crippen molar-refractivity contribution in [2.45, 2.75) is 34.2 Å². The summed E-state index contributed by atoms with van der Waals surface area (Å²) in [6, 6.07) is 21.7. The summed E-state index contributed by atoms with van der Waals surface area (Å²) in [5.41, 5.74) is 10.1. The highest BCUT2D eigenvalue weighted by atomic mass is 19.1. The third-order valence-corrected chi connectivity index (χ3v) is 5.61. The molecule has 0 spiro atoms. The van der Waals surface area contributed by atoms with E-state index in [1.54, 1.807) is 12.1 Å². The number of aryl methyl sites for hydroxylation is 4. The molecule has 4 rings (SSSR count). The lowest BCUT2D eigenvalue weighted by Crippen LogP contribution is -2.04. The fourth-order valence-electron chi connectivity index (χ4n) is 3.52. The van der Waals surface area contributed by atoms with Crippen LogP contribution in [0.25, 0.3) is 22.5 Å². The van der Waals surface area contributed by atoms with Crippen molar-refractivity contribution in [3.63, 3.8) is 0 Å². The van der Waals surface area contributed by atoms with Crippen molar-refractivity contribution < 1.29 is 4.39 Å². The molecule has 0 unspecified atom stereocenters. The van der Waals surface area contributed by atoms with E-state index in [1.165, 1.54) is 28.3 Å². The largest absolute Gasteiger partial charge is 0.260 e. The Hall–Kier alpha value is -3.20. The Labute approximate surface area is 171 Å². The van der Waals surface area contributed by atoms with Crippen molar-refractivity contribution in [1.29, 1.82) is 0 Å². The van der Waals surface area contributed by atoms with Crippen LogP contribution in [0.4, 0.5) is 4.39 Å². The van der Waals surface area contributed by atoms with Gasteiger partial charge in [-0.05, 0) is 85.8 Å². The van der Waals surface area contributed by atoms with Gasteiger partial charge in [0.1, 0.15) is 5.82 Å². The molecule has 3 heteroatoms. The monoisotopic (exact) mass is 384 g/mol. The lowest BCUT2D eigenvalue weighted by atomic mass is 10.0. The van der Waals surface area contributed by atoms with Crippen molar-refractivity contribution in [3.8, 4) is 22.5 Å². The number of benzene rings is 3. The van der Waals surface area contributed by atoms with Crippen molar-refractivity contribution in [2.24, 2.45) is 0 Å². The number of rotatable bonds is 4. The highest BCUT2D eigenvalue weighted by molar-refractivity contribution is 5.70. The van der Waals surface area contributed by atoms with E-state index in [4.69, 9.17) is 5.10 Å². The zero-order chi connectivity index (χ0) is 20.5. The van der Waals surface area contributed by atoms with Gasteiger partial charge in [0.05, 0.1) is 17.9 Å². The van der Waals surface area contributed by atoms with Gasteiger partial charge in [-0.15, -0.1) is 0 Å². The number of halogens is 1. The number of hydrogen-bond acceptors (Lipinski definition) is 1. The Morgan fingerprint density at radius 2 is 1.38 bits per heavy atom. The van der Waals surface area contributed by atoms with Crippen LogP contribution in [0.15, 0.2) is 66.7 Å². The van der Waals surface area contributed by atoms with E-state index in [9.17, 15) is 4.39 Å². The van der Waals surface area contributed by atoms with Gasteiger partial charge in [-0.2, -0.15) is 5.10 Å². The minimum Gasteiger partial charge on any atom is -0.260 e. The Morgan fingerprint density at radius 1 is 0.724 bits per heavy atom. The minimum absolute atomic E-state index is 0.225. The summed E-state index contributed by atoms with van der Waals surface area (Å²) in [4.78, 5) is 0. The minimum atomic E-state index is -0.225. The van der Waals surface area contributed by atoms with Crippen LogP contribution >= 0.6 is 0 Å². The second-order valence-electron chi connectivity index (χ2n) is 7.80. The molecule has 29 heavy (non-hydrogen) atoms. The van der Waals surface area contributed by atoms with Crippen LogP contribution in [-0.2, 0) is 6.54 Å². The third kappa shape index (κ3) is 4.00. The molecule has 0 amide bonds. The molecule has 0 saturated heterocycles. The average molecular weight is 384 g/mol. The summed E-state index contributed by atoms with van der Waals surface area (Å²) in [5, 5.41) is 4.90. The molecule has 3 aromatic carbocycles. The Balaban J connectivity index is 1.83. The second-order valence-corrected chi connectivity index (χ2v) is 7.80. The van der Waals surface area contributed by atoms with Gasteiger partial charge in [0, 0.05) is 11.1 Å². The molecule has 4 aromatic rings. The van der Waals surface area contributed by atoms with Gasteiger partial charge >= 0.3 is 0 Å². The normalized spacial score (nSPS) is 11.1. The maximum absolute atomic E-state index is 13.7. The molecule has 0 N–H and O–H groups in total. The lowest BCUT2D eigenvalue weighted by Gasteiger charge is -2.10. The van der Waals surface area contributed by atoms with E-state index >= 15 is 0 Å². The summed E-state index contributed by atoms with van der Waals surface area (Å²) in [6.07, 6.45) is 0.